The summed E-state index contributed by atoms with van der Waals surface area (Å²) >= 11 is 0. The molecular formula is C16H19F2N5O. The average Bonchev–Trinajstić information content (AvgIpc) is 3.24. The zero-order chi connectivity index (χ0) is 17.1. The van der Waals surface area contributed by atoms with E-state index in [9.17, 15) is 13.6 Å². The summed E-state index contributed by atoms with van der Waals surface area (Å²) in [6, 6.07) is 3.92. The third-order valence-corrected chi connectivity index (χ3v) is 4.20. The largest absolute Gasteiger partial charge is 0.371 e. The van der Waals surface area contributed by atoms with Crippen LogP contribution < -0.4 is 10.2 Å². The number of aryl methyl sites for hydroxylation is 1. The van der Waals surface area contributed by atoms with Gasteiger partial charge < -0.3 is 10.2 Å². The highest BCUT2D eigenvalue weighted by atomic mass is 19.2. The predicted molar refractivity (Wildman–Crippen MR) is 84.7 cm³/mol. The van der Waals surface area contributed by atoms with E-state index in [0.29, 0.717) is 31.0 Å². The third-order valence-electron chi connectivity index (χ3n) is 4.20. The summed E-state index contributed by atoms with van der Waals surface area (Å²) in [5.74, 6) is -1.69. The molecule has 1 aromatic carbocycles. The molecule has 1 amide bonds. The highest BCUT2D eigenvalue weighted by Gasteiger charge is 2.24. The summed E-state index contributed by atoms with van der Waals surface area (Å²) in [7, 11) is 0. The molecule has 1 aromatic heterocycles. The first kappa shape index (κ1) is 16.4. The average molecular weight is 335 g/mol. The van der Waals surface area contributed by atoms with Crippen molar-refractivity contribution in [2.45, 2.75) is 19.9 Å². The van der Waals surface area contributed by atoms with E-state index < -0.39 is 11.6 Å². The maximum absolute atomic E-state index is 13.3. The van der Waals surface area contributed by atoms with E-state index in [-0.39, 0.29) is 11.8 Å². The maximum Gasteiger partial charge on any atom is 0.273 e. The van der Waals surface area contributed by atoms with Crippen molar-refractivity contribution >= 4 is 11.6 Å². The summed E-state index contributed by atoms with van der Waals surface area (Å²) in [4.78, 5) is 14.0. The molecule has 1 N–H and O–H groups in total. The smallest absolute Gasteiger partial charge is 0.273 e. The first-order valence-corrected chi connectivity index (χ1v) is 7.95. The van der Waals surface area contributed by atoms with Crippen LogP contribution in [0.25, 0.3) is 0 Å². The summed E-state index contributed by atoms with van der Waals surface area (Å²) in [6.45, 7) is 4.52. The topological polar surface area (TPSA) is 63.1 Å². The number of hydrogen-bond acceptors (Lipinski definition) is 4. The van der Waals surface area contributed by atoms with Crippen LogP contribution in [0.2, 0.25) is 0 Å². The highest BCUT2D eigenvalue weighted by Crippen LogP contribution is 2.25. The Morgan fingerprint density at radius 3 is 2.92 bits per heavy atom. The number of carbonyl (C=O) groups is 1. The lowest BCUT2D eigenvalue weighted by Crippen LogP contribution is -2.31. The second-order valence-electron chi connectivity index (χ2n) is 5.87. The Morgan fingerprint density at radius 1 is 1.38 bits per heavy atom. The van der Waals surface area contributed by atoms with Gasteiger partial charge in [0.15, 0.2) is 17.3 Å². The van der Waals surface area contributed by atoms with Crippen LogP contribution in [0.3, 0.4) is 0 Å². The minimum absolute atomic E-state index is 0.249. The molecule has 2 aromatic rings. The predicted octanol–water partition coefficient (Wildman–Crippen LogP) is 1.83. The number of halogens is 2. The second-order valence-corrected chi connectivity index (χ2v) is 5.87. The van der Waals surface area contributed by atoms with E-state index >= 15 is 0 Å². The van der Waals surface area contributed by atoms with Gasteiger partial charge in [-0.3, -0.25) is 9.48 Å². The number of anilines is 1. The van der Waals surface area contributed by atoms with Crippen LogP contribution >= 0.6 is 0 Å². The molecule has 1 aliphatic rings. The van der Waals surface area contributed by atoms with Crippen molar-refractivity contribution in [1.29, 1.82) is 0 Å². The summed E-state index contributed by atoms with van der Waals surface area (Å²) in [5, 5.41) is 10.5. The Hall–Kier alpha value is -2.51. The fraction of sp³-hybridized carbons (Fsp3) is 0.438. The Bertz CT molecular complexity index is 733. The number of carbonyl (C=O) groups excluding carboxylic acids is 1. The first-order chi connectivity index (χ1) is 11.6. The molecule has 0 radical (unpaired) electrons. The van der Waals surface area contributed by atoms with Crippen molar-refractivity contribution in [3.05, 3.63) is 41.7 Å². The number of aromatic nitrogens is 3. The number of nitrogens with zero attached hydrogens (tertiary/aromatic N) is 4. The van der Waals surface area contributed by atoms with E-state index in [2.05, 4.69) is 15.6 Å². The molecule has 2 heterocycles. The molecule has 1 aliphatic heterocycles. The van der Waals surface area contributed by atoms with Gasteiger partial charge in [0.2, 0.25) is 0 Å². The molecule has 24 heavy (non-hydrogen) atoms. The molecule has 1 fully saturated rings. The van der Waals surface area contributed by atoms with Crippen molar-refractivity contribution in [2.24, 2.45) is 5.92 Å². The molecule has 8 heteroatoms. The van der Waals surface area contributed by atoms with Crippen molar-refractivity contribution in [1.82, 2.24) is 20.3 Å². The molecule has 0 saturated carbocycles. The Labute approximate surface area is 138 Å². The van der Waals surface area contributed by atoms with Gasteiger partial charge >= 0.3 is 0 Å². The van der Waals surface area contributed by atoms with E-state index in [1.54, 1.807) is 16.9 Å². The van der Waals surface area contributed by atoms with E-state index in [1.807, 2.05) is 11.8 Å². The molecule has 1 atom stereocenters. The SMILES string of the molecule is CCn1cc(C(=O)NCC2CCN(c3ccc(F)c(F)c3)C2)nn1. The molecule has 1 unspecified atom stereocenters. The van der Waals surface area contributed by atoms with Gasteiger partial charge in [0, 0.05) is 37.9 Å². The standard InChI is InChI=1S/C16H19F2N5O/c1-2-23-10-15(20-21-23)16(24)19-8-11-5-6-22(9-11)12-3-4-13(17)14(18)7-12/h3-4,7,10-11H,2,5-6,8-9H2,1H3,(H,19,24). The molecular weight excluding hydrogens is 316 g/mol. The Balaban J connectivity index is 1.52. The maximum atomic E-state index is 13.3. The minimum Gasteiger partial charge on any atom is -0.371 e. The molecule has 3 rings (SSSR count). The summed E-state index contributed by atoms with van der Waals surface area (Å²) < 4.78 is 27.9. The Kier molecular flexibility index (Phi) is 4.73. The van der Waals surface area contributed by atoms with Crippen LogP contribution in [0.15, 0.2) is 24.4 Å². The van der Waals surface area contributed by atoms with Crippen molar-refractivity contribution < 1.29 is 13.6 Å². The molecule has 0 bridgehead atoms. The lowest BCUT2D eigenvalue weighted by Gasteiger charge is -2.19. The third kappa shape index (κ3) is 3.52. The van der Waals surface area contributed by atoms with Gasteiger partial charge in [-0.2, -0.15) is 0 Å². The van der Waals surface area contributed by atoms with Gasteiger partial charge in [0.1, 0.15) is 0 Å². The normalized spacial score (nSPS) is 17.3. The van der Waals surface area contributed by atoms with E-state index in [0.717, 1.165) is 19.0 Å². The van der Waals surface area contributed by atoms with Gasteiger partial charge in [-0.15, -0.1) is 5.10 Å². The van der Waals surface area contributed by atoms with Crippen LogP contribution in [0, 0.1) is 17.6 Å². The van der Waals surface area contributed by atoms with E-state index in [4.69, 9.17) is 0 Å². The zero-order valence-corrected chi connectivity index (χ0v) is 13.4. The summed E-state index contributed by atoms with van der Waals surface area (Å²) in [5.41, 5.74) is 0.959. The molecule has 1 saturated heterocycles. The number of amides is 1. The second kappa shape index (κ2) is 6.94. The highest BCUT2D eigenvalue weighted by molar-refractivity contribution is 5.91. The number of hydrogen-bond donors (Lipinski definition) is 1. The molecule has 0 aliphatic carbocycles. The fourth-order valence-electron chi connectivity index (χ4n) is 2.80. The van der Waals surface area contributed by atoms with Gasteiger partial charge in [-0.05, 0) is 31.4 Å². The lowest BCUT2D eigenvalue weighted by molar-refractivity contribution is 0.0943. The van der Waals surface area contributed by atoms with Gasteiger partial charge in [0.05, 0.1) is 6.20 Å². The van der Waals surface area contributed by atoms with Gasteiger partial charge in [-0.1, -0.05) is 5.21 Å². The van der Waals surface area contributed by atoms with Crippen LogP contribution in [0.5, 0.6) is 0 Å². The van der Waals surface area contributed by atoms with Crippen LogP contribution in [0.4, 0.5) is 14.5 Å². The van der Waals surface area contributed by atoms with Crippen LogP contribution in [0.1, 0.15) is 23.8 Å². The minimum atomic E-state index is -0.845. The molecule has 128 valence electrons. The summed E-state index contributed by atoms with van der Waals surface area (Å²) in [6.07, 6.45) is 2.48. The van der Waals surface area contributed by atoms with E-state index in [1.165, 1.54) is 6.07 Å². The van der Waals surface area contributed by atoms with Crippen molar-refractivity contribution in [2.75, 3.05) is 24.5 Å². The number of nitrogens with one attached hydrogen (secondary N) is 1. The Morgan fingerprint density at radius 2 is 2.21 bits per heavy atom. The van der Waals surface area contributed by atoms with Crippen molar-refractivity contribution in [3.63, 3.8) is 0 Å². The molecule has 0 spiro atoms. The van der Waals surface area contributed by atoms with Crippen LogP contribution in [-0.2, 0) is 6.54 Å². The van der Waals surface area contributed by atoms with Gasteiger partial charge in [-0.25, -0.2) is 8.78 Å². The quantitative estimate of drug-likeness (QED) is 0.905. The monoisotopic (exact) mass is 335 g/mol. The molecule has 6 nitrogen and oxygen atoms in total. The number of rotatable bonds is 5. The van der Waals surface area contributed by atoms with Crippen molar-refractivity contribution in [3.8, 4) is 0 Å². The van der Waals surface area contributed by atoms with Crippen LogP contribution in [-0.4, -0.2) is 40.5 Å². The first-order valence-electron chi connectivity index (χ1n) is 7.95. The lowest BCUT2D eigenvalue weighted by atomic mass is 10.1. The fourth-order valence-corrected chi connectivity index (χ4v) is 2.80. The number of benzene rings is 1. The van der Waals surface area contributed by atoms with Gasteiger partial charge in [0.25, 0.3) is 5.91 Å². The zero-order valence-electron chi connectivity index (χ0n) is 13.4.